The Bertz CT molecular complexity index is 774. The SMILES string of the molecule is COC(=O)c1cccc(NC(=O)NC(C)Oc2ccccc2C(C)C)c1. The van der Waals surface area contributed by atoms with Crippen LogP contribution in [0.25, 0.3) is 0 Å². The quantitative estimate of drug-likeness (QED) is 0.602. The van der Waals surface area contributed by atoms with Crippen LogP contribution in [0.2, 0.25) is 0 Å². The molecule has 0 spiro atoms. The van der Waals surface area contributed by atoms with Gasteiger partial charge in [0.25, 0.3) is 0 Å². The first-order valence-electron chi connectivity index (χ1n) is 8.42. The number of esters is 1. The maximum absolute atomic E-state index is 12.2. The van der Waals surface area contributed by atoms with E-state index in [0.29, 0.717) is 17.2 Å². The number of methoxy groups -OCH3 is 1. The van der Waals surface area contributed by atoms with Crippen LogP contribution in [0.1, 0.15) is 42.6 Å². The van der Waals surface area contributed by atoms with Crippen LogP contribution in [-0.2, 0) is 4.74 Å². The number of carbonyl (C=O) groups is 2. The average Bonchev–Trinajstić information content (AvgIpc) is 2.61. The van der Waals surface area contributed by atoms with Crippen molar-refractivity contribution in [2.45, 2.75) is 32.9 Å². The highest BCUT2D eigenvalue weighted by atomic mass is 16.5. The first kappa shape index (κ1) is 19.3. The highest BCUT2D eigenvalue weighted by Gasteiger charge is 2.13. The highest BCUT2D eigenvalue weighted by Crippen LogP contribution is 2.26. The Balaban J connectivity index is 1.97. The summed E-state index contributed by atoms with van der Waals surface area (Å²) in [6, 6.07) is 13.8. The van der Waals surface area contributed by atoms with Crippen molar-refractivity contribution in [3.63, 3.8) is 0 Å². The molecule has 138 valence electrons. The molecule has 2 aromatic carbocycles. The lowest BCUT2D eigenvalue weighted by Gasteiger charge is -2.20. The van der Waals surface area contributed by atoms with Crippen molar-refractivity contribution in [3.8, 4) is 5.75 Å². The van der Waals surface area contributed by atoms with E-state index in [9.17, 15) is 9.59 Å². The van der Waals surface area contributed by atoms with Crippen LogP contribution in [0, 0.1) is 0 Å². The summed E-state index contributed by atoms with van der Waals surface area (Å²) >= 11 is 0. The van der Waals surface area contributed by atoms with Gasteiger partial charge in [-0.1, -0.05) is 38.1 Å². The molecule has 0 heterocycles. The van der Waals surface area contributed by atoms with Gasteiger partial charge in [-0.25, -0.2) is 9.59 Å². The van der Waals surface area contributed by atoms with Crippen molar-refractivity contribution < 1.29 is 19.1 Å². The maximum atomic E-state index is 12.2. The number of anilines is 1. The molecule has 6 heteroatoms. The van der Waals surface area contributed by atoms with Crippen molar-refractivity contribution in [1.82, 2.24) is 5.32 Å². The van der Waals surface area contributed by atoms with E-state index < -0.39 is 18.2 Å². The molecule has 0 saturated heterocycles. The minimum atomic E-state index is -0.529. The predicted octanol–water partition coefficient (Wildman–Crippen LogP) is 4.14. The van der Waals surface area contributed by atoms with Gasteiger partial charge in [-0.15, -0.1) is 0 Å². The molecule has 1 atom stereocenters. The Labute approximate surface area is 153 Å². The van der Waals surface area contributed by atoms with E-state index >= 15 is 0 Å². The van der Waals surface area contributed by atoms with E-state index in [1.807, 2.05) is 24.3 Å². The van der Waals surface area contributed by atoms with Gasteiger partial charge in [0.15, 0.2) is 6.23 Å². The lowest BCUT2D eigenvalue weighted by Crippen LogP contribution is -2.39. The normalized spacial score (nSPS) is 11.6. The minimum absolute atomic E-state index is 0.313. The third-order valence-corrected chi connectivity index (χ3v) is 3.72. The number of carbonyl (C=O) groups excluding carboxylic acids is 2. The molecule has 2 aromatic rings. The number of benzene rings is 2. The minimum Gasteiger partial charge on any atom is -0.471 e. The number of nitrogens with one attached hydrogen (secondary N) is 2. The summed E-state index contributed by atoms with van der Waals surface area (Å²) in [6.07, 6.45) is -0.529. The molecular formula is C20H24N2O4. The Hall–Kier alpha value is -3.02. The van der Waals surface area contributed by atoms with Gasteiger partial charge in [0.1, 0.15) is 5.75 Å². The van der Waals surface area contributed by atoms with Crippen LogP contribution < -0.4 is 15.4 Å². The third kappa shape index (κ3) is 5.24. The van der Waals surface area contributed by atoms with Crippen LogP contribution in [-0.4, -0.2) is 25.3 Å². The molecule has 0 bridgehead atoms. The topological polar surface area (TPSA) is 76.7 Å². The fourth-order valence-electron chi connectivity index (χ4n) is 2.48. The van der Waals surface area contributed by atoms with Gasteiger partial charge >= 0.3 is 12.0 Å². The summed E-state index contributed by atoms with van der Waals surface area (Å²) in [7, 11) is 1.31. The molecule has 0 aromatic heterocycles. The Morgan fingerprint density at radius 3 is 2.42 bits per heavy atom. The zero-order chi connectivity index (χ0) is 19.1. The average molecular weight is 356 g/mol. The predicted molar refractivity (Wildman–Crippen MR) is 101 cm³/mol. The summed E-state index contributed by atoms with van der Waals surface area (Å²) in [5, 5.41) is 5.39. The van der Waals surface area contributed by atoms with Crippen LogP contribution in [0.4, 0.5) is 10.5 Å². The summed E-state index contributed by atoms with van der Waals surface area (Å²) in [4.78, 5) is 23.7. The van der Waals surface area contributed by atoms with Gasteiger partial charge < -0.3 is 20.1 Å². The van der Waals surface area contributed by atoms with E-state index in [1.54, 1.807) is 31.2 Å². The summed E-state index contributed by atoms with van der Waals surface area (Å²) in [6.45, 7) is 5.92. The van der Waals surface area contributed by atoms with Crippen molar-refractivity contribution in [1.29, 1.82) is 0 Å². The molecule has 2 amide bonds. The Kier molecular flexibility index (Phi) is 6.60. The fourth-order valence-corrected chi connectivity index (χ4v) is 2.48. The van der Waals surface area contributed by atoms with E-state index in [4.69, 9.17) is 4.74 Å². The first-order valence-corrected chi connectivity index (χ1v) is 8.42. The second kappa shape index (κ2) is 8.89. The molecule has 1 unspecified atom stereocenters. The van der Waals surface area contributed by atoms with Crippen molar-refractivity contribution >= 4 is 17.7 Å². The number of rotatable bonds is 6. The molecule has 0 fully saturated rings. The molecule has 0 saturated carbocycles. The lowest BCUT2D eigenvalue weighted by atomic mass is 10.0. The standard InChI is InChI=1S/C20H24N2O4/c1-13(2)17-10-5-6-11-18(17)26-14(3)21-20(24)22-16-9-7-8-15(12-16)19(23)25-4/h5-14H,1-4H3,(H2,21,22,24). The lowest BCUT2D eigenvalue weighted by molar-refractivity contribution is 0.0600. The third-order valence-electron chi connectivity index (χ3n) is 3.72. The van der Waals surface area contributed by atoms with Crippen molar-refractivity contribution in [3.05, 3.63) is 59.7 Å². The number of hydrogen-bond acceptors (Lipinski definition) is 4. The number of urea groups is 1. The monoisotopic (exact) mass is 356 g/mol. The van der Waals surface area contributed by atoms with Gasteiger partial charge in [-0.05, 0) is 42.7 Å². The van der Waals surface area contributed by atoms with Crippen LogP contribution >= 0.6 is 0 Å². The maximum Gasteiger partial charge on any atom is 0.337 e. The summed E-state index contributed by atoms with van der Waals surface area (Å²) < 4.78 is 10.5. The van der Waals surface area contributed by atoms with Gasteiger partial charge in [0, 0.05) is 5.69 Å². The van der Waals surface area contributed by atoms with Gasteiger partial charge in [0.2, 0.25) is 0 Å². The molecule has 0 radical (unpaired) electrons. The molecule has 0 aliphatic rings. The van der Waals surface area contributed by atoms with Gasteiger partial charge in [-0.3, -0.25) is 0 Å². The molecule has 2 N–H and O–H groups in total. The van der Waals surface area contributed by atoms with E-state index in [1.165, 1.54) is 7.11 Å². The smallest absolute Gasteiger partial charge is 0.337 e. The Morgan fingerprint density at radius 1 is 1.00 bits per heavy atom. The zero-order valence-corrected chi connectivity index (χ0v) is 15.4. The van der Waals surface area contributed by atoms with Gasteiger partial charge in [0.05, 0.1) is 12.7 Å². The van der Waals surface area contributed by atoms with Crippen LogP contribution in [0.5, 0.6) is 5.75 Å². The molecule has 0 aliphatic heterocycles. The number of ether oxygens (including phenoxy) is 2. The Morgan fingerprint density at radius 2 is 1.73 bits per heavy atom. The van der Waals surface area contributed by atoms with E-state index in [-0.39, 0.29) is 0 Å². The largest absolute Gasteiger partial charge is 0.471 e. The van der Waals surface area contributed by atoms with E-state index in [2.05, 4.69) is 29.2 Å². The van der Waals surface area contributed by atoms with Crippen molar-refractivity contribution in [2.75, 3.05) is 12.4 Å². The number of hydrogen-bond donors (Lipinski definition) is 2. The molecule has 26 heavy (non-hydrogen) atoms. The zero-order valence-electron chi connectivity index (χ0n) is 15.4. The summed E-state index contributed by atoms with van der Waals surface area (Å²) in [5.74, 6) is 0.590. The first-order chi connectivity index (χ1) is 12.4. The molecule has 2 rings (SSSR count). The molecule has 6 nitrogen and oxygen atoms in total. The second-order valence-corrected chi connectivity index (χ2v) is 6.12. The van der Waals surface area contributed by atoms with Crippen LogP contribution in [0.15, 0.2) is 48.5 Å². The second-order valence-electron chi connectivity index (χ2n) is 6.12. The van der Waals surface area contributed by atoms with E-state index in [0.717, 1.165) is 11.3 Å². The van der Waals surface area contributed by atoms with Crippen LogP contribution in [0.3, 0.4) is 0 Å². The highest BCUT2D eigenvalue weighted by molar-refractivity contribution is 5.93. The number of amides is 2. The fraction of sp³-hybridized carbons (Fsp3) is 0.300. The molecule has 0 aliphatic carbocycles. The van der Waals surface area contributed by atoms with Gasteiger partial charge in [-0.2, -0.15) is 0 Å². The van der Waals surface area contributed by atoms with Crippen molar-refractivity contribution in [2.24, 2.45) is 0 Å². The summed E-state index contributed by atoms with van der Waals surface area (Å²) in [5.41, 5.74) is 1.92. The molecular weight excluding hydrogens is 332 g/mol. The number of para-hydroxylation sites is 1.